The fourth-order valence-corrected chi connectivity index (χ4v) is 4.67. The molecule has 1 aliphatic heterocycles. The Morgan fingerprint density at radius 3 is 2.68 bits per heavy atom. The lowest BCUT2D eigenvalue weighted by Gasteiger charge is -2.30. The number of piperidine rings is 1. The van der Waals surface area contributed by atoms with Gasteiger partial charge in [0.25, 0.3) is 0 Å². The molecule has 2 aliphatic rings. The third-order valence-electron chi connectivity index (χ3n) is 6.54. The maximum atomic E-state index is 12.6. The van der Waals surface area contributed by atoms with Crippen molar-refractivity contribution in [2.75, 3.05) is 19.6 Å². The summed E-state index contributed by atoms with van der Waals surface area (Å²) in [6.45, 7) is 3.96. The van der Waals surface area contributed by atoms with E-state index in [2.05, 4.69) is 42.6 Å². The molecule has 1 aromatic carbocycles. The zero-order chi connectivity index (χ0) is 21.8. The number of amides is 1. The van der Waals surface area contributed by atoms with Crippen LogP contribution in [0.25, 0.3) is 11.3 Å². The van der Waals surface area contributed by atoms with Crippen LogP contribution in [-0.4, -0.2) is 46.5 Å². The number of benzene rings is 1. The molecule has 31 heavy (non-hydrogen) atoms. The fraction of sp³-hybridized carbons (Fsp3) is 0.480. The highest BCUT2D eigenvalue weighted by atomic mass is 16.4. The van der Waals surface area contributed by atoms with Crippen LogP contribution in [0.2, 0.25) is 0 Å². The van der Waals surface area contributed by atoms with Gasteiger partial charge in [0.15, 0.2) is 0 Å². The second kappa shape index (κ2) is 9.60. The topological polar surface area (TPSA) is 82.5 Å². The molecule has 6 nitrogen and oxygen atoms in total. The van der Waals surface area contributed by atoms with Gasteiger partial charge in [0, 0.05) is 23.7 Å². The molecule has 0 unspecified atom stereocenters. The van der Waals surface area contributed by atoms with Crippen LogP contribution >= 0.6 is 0 Å². The quantitative estimate of drug-likeness (QED) is 0.748. The largest absolute Gasteiger partial charge is 0.480 e. The van der Waals surface area contributed by atoms with E-state index in [0.29, 0.717) is 32.5 Å². The van der Waals surface area contributed by atoms with E-state index in [1.807, 2.05) is 4.90 Å². The average molecular weight is 422 g/mol. The maximum Gasteiger partial charge on any atom is 0.317 e. The second-order valence-corrected chi connectivity index (χ2v) is 8.82. The Kier molecular flexibility index (Phi) is 6.66. The summed E-state index contributed by atoms with van der Waals surface area (Å²) in [6.07, 6.45) is 6.06. The van der Waals surface area contributed by atoms with Gasteiger partial charge in [-0.2, -0.15) is 0 Å². The third kappa shape index (κ3) is 5.31. The molecule has 0 atom stereocenters. The summed E-state index contributed by atoms with van der Waals surface area (Å²) in [4.78, 5) is 30.3. The van der Waals surface area contributed by atoms with Crippen molar-refractivity contribution >= 4 is 11.9 Å². The van der Waals surface area contributed by atoms with Gasteiger partial charge in [0.05, 0.1) is 12.2 Å². The molecule has 0 saturated carbocycles. The molecule has 2 N–H and O–H groups in total. The van der Waals surface area contributed by atoms with E-state index >= 15 is 0 Å². The summed E-state index contributed by atoms with van der Waals surface area (Å²) in [7, 11) is 0. The molecule has 2 aromatic rings. The molecule has 1 amide bonds. The predicted octanol–water partition coefficient (Wildman–Crippen LogP) is 3.35. The van der Waals surface area contributed by atoms with E-state index in [1.165, 1.54) is 29.7 Å². The Bertz CT molecular complexity index is 964. The Morgan fingerprint density at radius 1 is 1.13 bits per heavy atom. The maximum absolute atomic E-state index is 12.6. The van der Waals surface area contributed by atoms with E-state index in [9.17, 15) is 9.59 Å². The number of carbonyl (C=O) groups is 2. The lowest BCUT2D eigenvalue weighted by Crippen LogP contribution is -2.42. The second-order valence-electron chi connectivity index (χ2n) is 8.82. The van der Waals surface area contributed by atoms with Crippen LogP contribution in [0.3, 0.4) is 0 Å². The monoisotopic (exact) mass is 421 g/mol. The van der Waals surface area contributed by atoms with Gasteiger partial charge < -0.3 is 10.4 Å². The van der Waals surface area contributed by atoms with Crippen LogP contribution in [0.5, 0.6) is 0 Å². The number of carboxylic acids is 1. The van der Waals surface area contributed by atoms with Crippen molar-refractivity contribution in [1.29, 1.82) is 0 Å². The summed E-state index contributed by atoms with van der Waals surface area (Å²) in [6, 6.07) is 10.7. The fourth-order valence-electron chi connectivity index (χ4n) is 4.67. The molecule has 4 rings (SSSR count). The third-order valence-corrected chi connectivity index (χ3v) is 6.54. The van der Waals surface area contributed by atoms with Gasteiger partial charge in [-0.25, -0.2) is 0 Å². The number of rotatable bonds is 6. The smallest absolute Gasteiger partial charge is 0.317 e. The summed E-state index contributed by atoms with van der Waals surface area (Å²) >= 11 is 0. The first-order valence-corrected chi connectivity index (χ1v) is 11.3. The van der Waals surface area contributed by atoms with Crippen LogP contribution < -0.4 is 5.32 Å². The first-order chi connectivity index (χ1) is 15.0. The number of pyridine rings is 1. The predicted molar refractivity (Wildman–Crippen MR) is 120 cm³/mol. The summed E-state index contributed by atoms with van der Waals surface area (Å²) < 4.78 is 0. The highest BCUT2D eigenvalue weighted by Crippen LogP contribution is 2.27. The van der Waals surface area contributed by atoms with E-state index in [4.69, 9.17) is 10.1 Å². The van der Waals surface area contributed by atoms with Crippen molar-refractivity contribution in [1.82, 2.24) is 15.2 Å². The highest BCUT2D eigenvalue weighted by Gasteiger charge is 2.25. The zero-order valence-electron chi connectivity index (χ0n) is 18.2. The number of hydrogen-bond donors (Lipinski definition) is 2. The number of carbonyl (C=O) groups excluding carboxylic acids is 1. The normalized spacial score (nSPS) is 17.2. The first-order valence-electron chi connectivity index (χ1n) is 11.3. The van der Waals surface area contributed by atoms with Gasteiger partial charge >= 0.3 is 5.97 Å². The lowest BCUT2D eigenvalue weighted by molar-refractivity contribution is -0.138. The molecule has 0 bridgehead atoms. The molecule has 1 aliphatic carbocycles. The number of fused-ring (bicyclic) bond motifs is 1. The van der Waals surface area contributed by atoms with Crippen molar-refractivity contribution < 1.29 is 14.7 Å². The van der Waals surface area contributed by atoms with Gasteiger partial charge in [-0.3, -0.25) is 19.5 Å². The van der Waals surface area contributed by atoms with Gasteiger partial charge in [-0.1, -0.05) is 18.2 Å². The number of carboxylic acid groups (broad SMARTS) is 1. The number of aliphatic carboxylic acids is 1. The van der Waals surface area contributed by atoms with Gasteiger partial charge in [-0.15, -0.1) is 0 Å². The van der Waals surface area contributed by atoms with Crippen LogP contribution in [0.4, 0.5) is 0 Å². The number of hydrogen-bond acceptors (Lipinski definition) is 4. The molecule has 0 spiro atoms. The minimum atomic E-state index is -0.813. The minimum Gasteiger partial charge on any atom is -0.480 e. The van der Waals surface area contributed by atoms with E-state index in [0.717, 1.165) is 29.7 Å². The Labute approximate surface area is 183 Å². The first kappa shape index (κ1) is 21.5. The van der Waals surface area contributed by atoms with Crippen LogP contribution in [-0.2, 0) is 29.0 Å². The number of aryl methyl sites for hydroxylation is 3. The standard InChI is InChI=1S/C25H31N3O3/c1-17-6-7-18(14-21(17)23-9-8-19-4-2-3-5-22(19)27-23)15-26-25(31)20-10-12-28(13-11-20)16-24(29)30/h6-9,14,20H,2-5,10-13,15-16H2,1H3,(H,26,31)(H,29,30). The van der Waals surface area contributed by atoms with Crippen molar-refractivity contribution in [3.63, 3.8) is 0 Å². The van der Waals surface area contributed by atoms with E-state index in [1.54, 1.807) is 0 Å². The summed E-state index contributed by atoms with van der Waals surface area (Å²) in [5.74, 6) is -0.798. The molecule has 0 radical (unpaired) electrons. The highest BCUT2D eigenvalue weighted by molar-refractivity contribution is 5.79. The molecule has 1 fully saturated rings. The summed E-state index contributed by atoms with van der Waals surface area (Å²) in [5.41, 5.74) is 7.00. The van der Waals surface area contributed by atoms with Crippen molar-refractivity contribution in [3.05, 3.63) is 52.7 Å². The van der Waals surface area contributed by atoms with Crippen molar-refractivity contribution in [3.8, 4) is 11.3 Å². The van der Waals surface area contributed by atoms with Crippen molar-refractivity contribution in [2.24, 2.45) is 5.92 Å². The molecule has 1 aromatic heterocycles. The number of nitrogens with zero attached hydrogens (tertiary/aromatic N) is 2. The molecular weight excluding hydrogens is 390 g/mol. The van der Waals surface area contributed by atoms with Crippen LogP contribution in [0.15, 0.2) is 30.3 Å². The van der Waals surface area contributed by atoms with Gasteiger partial charge in [-0.05, 0) is 87.4 Å². The van der Waals surface area contributed by atoms with Crippen LogP contribution in [0.1, 0.15) is 48.1 Å². The Morgan fingerprint density at radius 2 is 1.90 bits per heavy atom. The minimum absolute atomic E-state index is 0.0442. The van der Waals surface area contributed by atoms with Crippen LogP contribution in [0, 0.1) is 12.8 Å². The number of aromatic nitrogens is 1. The number of likely N-dealkylation sites (tertiary alicyclic amines) is 1. The molecular formula is C25H31N3O3. The Balaban J connectivity index is 1.38. The lowest BCUT2D eigenvalue weighted by atomic mass is 9.94. The van der Waals surface area contributed by atoms with Gasteiger partial charge in [0.2, 0.25) is 5.91 Å². The van der Waals surface area contributed by atoms with Crippen molar-refractivity contribution in [2.45, 2.75) is 52.0 Å². The SMILES string of the molecule is Cc1ccc(CNC(=O)C2CCN(CC(=O)O)CC2)cc1-c1ccc2c(n1)CCCC2. The number of nitrogens with one attached hydrogen (secondary N) is 1. The van der Waals surface area contributed by atoms with E-state index in [-0.39, 0.29) is 18.4 Å². The van der Waals surface area contributed by atoms with Gasteiger partial charge in [0.1, 0.15) is 0 Å². The molecule has 6 heteroatoms. The molecule has 1 saturated heterocycles. The van der Waals surface area contributed by atoms with E-state index < -0.39 is 5.97 Å². The molecule has 2 heterocycles. The zero-order valence-corrected chi connectivity index (χ0v) is 18.2. The summed E-state index contributed by atoms with van der Waals surface area (Å²) in [5, 5.41) is 12.0. The molecule has 164 valence electrons. The Hall–Kier alpha value is -2.73. The average Bonchev–Trinajstić information content (AvgIpc) is 2.78.